The molecule has 0 spiro atoms. The molecule has 0 aromatic carbocycles. The molecule has 3 heteroatoms. The first kappa shape index (κ1) is 8.23. The Hall–Kier alpha value is -1.38. The number of aromatic nitrogens is 3. The predicted octanol–water partition coefficient (Wildman–Crippen LogP) is 2.07. The van der Waals surface area contributed by atoms with Crippen molar-refractivity contribution in [3.63, 3.8) is 0 Å². The number of aryl methyl sites for hydroxylation is 1. The molecule has 0 N–H and O–H groups in total. The van der Waals surface area contributed by atoms with Crippen LogP contribution in [0.3, 0.4) is 0 Å². The highest BCUT2D eigenvalue weighted by molar-refractivity contribution is 5.43. The number of hydrogen-bond acceptors (Lipinski definition) is 2. The van der Waals surface area contributed by atoms with E-state index in [1.807, 2.05) is 29.2 Å². The van der Waals surface area contributed by atoms with Gasteiger partial charge in [0.1, 0.15) is 0 Å². The minimum atomic E-state index is 0.996. The van der Waals surface area contributed by atoms with Crippen molar-refractivity contribution in [1.29, 1.82) is 0 Å². The third kappa shape index (κ3) is 1.54. The Balaban J connectivity index is 2.37. The Kier molecular flexibility index (Phi) is 2.25. The fourth-order valence-electron chi connectivity index (χ4n) is 1.43. The van der Waals surface area contributed by atoms with E-state index < -0.39 is 0 Å². The van der Waals surface area contributed by atoms with Gasteiger partial charge in [-0.15, -0.1) is 0 Å². The Labute approximate surface area is 77.4 Å². The summed E-state index contributed by atoms with van der Waals surface area (Å²) in [5, 5.41) is 0. The second-order valence-corrected chi connectivity index (χ2v) is 3.14. The van der Waals surface area contributed by atoms with Crippen molar-refractivity contribution >= 4 is 5.65 Å². The highest BCUT2D eigenvalue weighted by atomic mass is 15.0. The highest BCUT2D eigenvalue weighted by Gasteiger charge is 2.01. The van der Waals surface area contributed by atoms with Crippen molar-refractivity contribution in [2.45, 2.75) is 26.2 Å². The number of rotatable bonds is 3. The van der Waals surface area contributed by atoms with Gasteiger partial charge in [0.05, 0.1) is 5.69 Å². The first-order valence-corrected chi connectivity index (χ1v) is 4.68. The van der Waals surface area contributed by atoms with E-state index in [-0.39, 0.29) is 0 Å². The second-order valence-electron chi connectivity index (χ2n) is 3.14. The average molecular weight is 175 g/mol. The van der Waals surface area contributed by atoms with Crippen molar-refractivity contribution < 1.29 is 0 Å². The van der Waals surface area contributed by atoms with Gasteiger partial charge in [0, 0.05) is 24.8 Å². The normalized spacial score (nSPS) is 10.8. The number of nitrogens with zero attached hydrogens (tertiary/aromatic N) is 3. The molecule has 3 nitrogen and oxygen atoms in total. The Bertz CT molecular complexity index is 392. The van der Waals surface area contributed by atoms with Gasteiger partial charge in [-0.3, -0.25) is 4.98 Å². The molecule has 0 bridgehead atoms. The SMILES string of the molecule is CCCCc1nccn2ccnc12. The van der Waals surface area contributed by atoms with Gasteiger partial charge in [0.15, 0.2) is 5.65 Å². The fourth-order valence-corrected chi connectivity index (χ4v) is 1.43. The van der Waals surface area contributed by atoms with Crippen molar-refractivity contribution in [3.05, 3.63) is 30.5 Å². The Morgan fingerprint density at radius 3 is 2.77 bits per heavy atom. The fraction of sp³-hybridized carbons (Fsp3) is 0.400. The maximum Gasteiger partial charge on any atom is 0.158 e. The summed E-state index contributed by atoms with van der Waals surface area (Å²) in [5.41, 5.74) is 2.10. The highest BCUT2D eigenvalue weighted by Crippen LogP contribution is 2.08. The van der Waals surface area contributed by atoms with Crippen LogP contribution in [0.4, 0.5) is 0 Å². The van der Waals surface area contributed by atoms with Gasteiger partial charge in [-0.05, 0) is 12.8 Å². The van der Waals surface area contributed by atoms with Gasteiger partial charge in [-0.2, -0.15) is 0 Å². The molecule has 68 valence electrons. The van der Waals surface area contributed by atoms with E-state index in [4.69, 9.17) is 0 Å². The summed E-state index contributed by atoms with van der Waals surface area (Å²) in [6.45, 7) is 2.19. The molecule has 0 atom stereocenters. The van der Waals surface area contributed by atoms with E-state index in [1.54, 1.807) is 0 Å². The number of unbranched alkanes of at least 4 members (excludes halogenated alkanes) is 1. The van der Waals surface area contributed by atoms with Crippen LogP contribution in [0.1, 0.15) is 25.5 Å². The summed E-state index contributed by atoms with van der Waals surface area (Å²) in [6, 6.07) is 0. The predicted molar refractivity (Wildman–Crippen MR) is 51.6 cm³/mol. The van der Waals surface area contributed by atoms with E-state index in [1.165, 1.54) is 12.8 Å². The van der Waals surface area contributed by atoms with Gasteiger partial charge in [0.2, 0.25) is 0 Å². The number of fused-ring (bicyclic) bond motifs is 1. The summed E-state index contributed by atoms with van der Waals surface area (Å²) in [5.74, 6) is 0. The first-order chi connectivity index (χ1) is 6.42. The minimum Gasteiger partial charge on any atom is -0.304 e. The third-order valence-corrected chi connectivity index (χ3v) is 2.15. The smallest absolute Gasteiger partial charge is 0.158 e. The van der Waals surface area contributed by atoms with Gasteiger partial charge in [-0.25, -0.2) is 4.98 Å². The maximum atomic E-state index is 4.33. The molecular formula is C10H13N3. The van der Waals surface area contributed by atoms with E-state index in [0.717, 1.165) is 17.8 Å². The Morgan fingerprint density at radius 1 is 1.23 bits per heavy atom. The second kappa shape index (κ2) is 3.56. The monoisotopic (exact) mass is 175 g/mol. The van der Waals surface area contributed by atoms with Crippen molar-refractivity contribution in [2.24, 2.45) is 0 Å². The summed E-state index contributed by atoms with van der Waals surface area (Å²) in [6.07, 6.45) is 10.9. The van der Waals surface area contributed by atoms with Crippen LogP contribution in [-0.4, -0.2) is 14.4 Å². The van der Waals surface area contributed by atoms with Gasteiger partial charge >= 0.3 is 0 Å². The third-order valence-electron chi connectivity index (χ3n) is 2.15. The molecule has 0 saturated carbocycles. The molecule has 0 aliphatic heterocycles. The first-order valence-electron chi connectivity index (χ1n) is 4.68. The van der Waals surface area contributed by atoms with Crippen LogP contribution in [0.25, 0.3) is 5.65 Å². The molecule has 2 rings (SSSR count). The standard InChI is InChI=1S/C10H13N3/c1-2-3-4-9-10-12-6-8-13(10)7-5-11-9/h5-8H,2-4H2,1H3. The quantitative estimate of drug-likeness (QED) is 0.714. The van der Waals surface area contributed by atoms with Crippen molar-refractivity contribution in [2.75, 3.05) is 0 Å². The summed E-state index contributed by atoms with van der Waals surface area (Å²) in [4.78, 5) is 8.61. The van der Waals surface area contributed by atoms with E-state index in [9.17, 15) is 0 Å². The molecule has 0 fully saturated rings. The number of imidazole rings is 1. The minimum absolute atomic E-state index is 0.996. The van der Waals surface area contributed by atoms with Crippen LogP contribution < -0.4 is 0 Å². The lowest BCUT2D eigenvalue weighted by atomic mass is 10.2. The largest absolute Gasteiger partial charge is 0.304 e. The molecule has 0 amide bonds. The van der Waals surface area contributed by atoms with E-state index in [2.05, 4.69) is 16.9 Å². The molecule has 0 radical (unpaired) electrons. The molecular weight excluding hydrogens is 162 g/mol. The molecule has 0 saturated heterocycles. The molecule has 2 aromatic rings. The summed E-state index contributed by atoms with van der Waals surface area (Å²) in [7, 11) is 0. The van der Waals surface area contributed by atoms with E-state index in [0.29, 0.717) is 0 Å². The summed E-state index contributed by atoms with van der Waals surface area (Å²) < 4.78 is 2.01. The average Bonchev–Trinajstić information content (AvgIpc) is 2.62. The van der Waals surface area contributed by atoms with E-state index >= 15 is 0 Å². The lowest BCUT2D eigenvalue weighted by molar-refractivity contribution is 0.775. The zero-order valence-electron chi connectivity index (χ0n) is 7.77. The van der Waals surface area contributed by atoms with Crippen LogP contribution in [0.15, 0.2) is 24.8 Å². The Morgan fingerprint density at radius 2 is 2.00 bits per heavy atom. The van der Waals surface area contributed by atoms with Crippen molar-refractivity contribution in [1.82, 2.24) is 14.4 Å². The lowest BCUT2D eigenvalue weighted by Crippen LogP contribution is -1.95. The molecule has 0 aliphatic carbocycles. The van der Waals surface area contributed by atoms with Crippen LogP contribution in [0.5, 0.6) is 0 Å². The topological polar surface area (TPSA) is 30.2 Å². The molecule has 2 aromatic heterocycles. The molecule has 0 unspecified atom stereocenters. The number of hydrogen-bond donors (Lipinski definition) is 0. The van der Waals surface area contributed by atoms with Gasteiger partial charge in [0.25, 0.3) is 0 Å². The van der Waals surface area contributed by atoms with Gasteiger partial charge in [-0.1, -0.05) is 13.3 Å². The molecule has 0 aliphatic rings. The lowest BCUT2D eigenvalue weighted by Gasteiger charge is -2.00. The maximum absolute atomic E-state index is 4.33. The van der Waals surface area contributed by atoms with Crippen molar-refractivity contribution in [3.8, 4) is 0 Å². The molecule has 13 heavy (non-hydrogen) atoms. The zero-order chi connectivity index (χ0) is 9.10. The molecule has 2 heterocycles. The van der Waals surface area contributed by atoms with Crippen LogP contribution >= 0.6 is 0 Å². The zero-order valence-corrected chi connectivity index (χ0v) is 7.77. The van der Waals surface area contributed by atoms with Crippen LogP contribution in [0, 0.1) is 0 Å². The van der Waals surface area contributed by atoms with Gasteiger partial charge < -0.3 is 4.40 Å². The van der Waals surface area contributed by atoms with Crippen LogP contribution in [-0.2, 0) is 6.42 Å². The van der Waals surface area contributed by atoms with Crippen LogP contribution in [0.2, 0.25) is 0 Å². The summed E-state index contributed by atoms with van der Waals surface area (Å²) >= 11 is 0.